The zero-order valence-electron chi connectivity index (χ0n) is 20.5. The molecule has 7 atom stereocenters. The van der Waals surface area contributed by atoms with Crippen molar-refractivity contribution < 1.29 is 15.3 Å². The molecule has 0 saturated heterocycles. The molecule has 3 aliphatic rings. The zero-order valence-corrected chi connectivity index (χ0v) is 20.5. The van der Waals surface area contributed by atoms with Crippen LogP contribution in [0, 0.1) is 29.1 Å². The summed E-state index contributed by atoms with van der Waals surface area (Å²) >= 11 is 0. The van der Waals surface area contributed by atoms with E-state index < -0.39 is 17.8 Å². The Balaban J connectivity index is 1.71. The summed E-state index contributed by atoms with van der Waals surface area (Å²) in [5.41, 5.74) is 3.15. The van der Waals surface area contributed by atoms with Crippen LogP contribution in [0.5, 0.6) is 0 Å². The zero-order chi connectivity index (χ0) is 23.0. The summed E-state index contributed by atoms with van der Waals surface area (Å²) in [5, 5.41) is 30.7. The molecule has 0 aromatic heterocycles. The maximum atomic E-state index is 10.4. The monoisotopic (exact) mass is 430 g/mol. The third-order valence-electron chi connectivity index (χ3n) is 8.97. The number of allylic oxidation sites excluding steroid dienone is 3. The lowest BCUT2D eigenvalue weighted by molar-refractivity contribution is 0.0283. The molecular formula is C28H46O3. The molecular weight excluding hydrogens is 384 g/mol. The first-order valence-electron chi connectivity index (χ1n) is 12.6. The van der Waals surface area contributed by atoms with Gasteiger partial charge in [0, 0.05) is 5.92 Å². The molecule has 0 aliphatic heterocycles. The number of aliphatic hydroxyl groups is 3. The van der Waals surface area contributed by atoms with Gasteiger partial charge < -0.3 is 15.3 Å². The van der Waals surface area contributed by atoms with Crippen LogP contribution in [0.2, 0.25) is 0 Å². The molecule has 0 amide bonds. The van der Waals surface area contributed by atoms with E-state index in [4.69, 9.17) is 0 Å². The van der Waals surface area contributed by atoms with Crippen LogP contribution in [0.4, 0.5) is 0 Å². The average Bonchev–Trinajstić information content (AvgIpc) is 3.04. The molecule has 3 rings (SSSR count). The molecule has 0 heterocycles. The fourth-order valence-corrected chi connectivity index (χ4v) is 6.91. The van der Waals surface area contributed by atoms with Crippen molar-refractivity contribution in [3.63, 3.8) is 0 Å². The minimum absolute atomic E-state index is 0.149. The van der Waals surface area contributed by atoms with Gasteiger partial charge in [-0.3, -0.25) is 0 Å². The number of fused-ring (bicyclic) bond motifs is 1. The second-order valence-corrected chi connectivity index (χ2v) is 11.8. The van der Waals surface area contributed by atoms with Gasteiger partial charge in [0.05, 0.1) is 17.8 Å². The first-order chi connectivity index (χ1) is 14.4. The quantitative estimate of drug-likeness (QED) is 0.488. The van der Waals surface area contributed by atoms with Gasteiger partial charge in [0.15, 0.2) is 0 Å². The first-order valence-corrected chi connectivity index (χ1v) is 12.6. The Bertz CT molecular complexity index is 712. The molecule has 3 heteroatoms. The topological polar surface area (TPSA) is 60.7 Å². The van der Waals surface area contributed by atoms with Crippen molar-refractivity contribution in [2.75, 3.05) is 0 Å². The van der Waals surface area contributed by atoms with E-state index >= 15 is 0 Å². The van der Waals surface area contributed by atoms with Crippen LogP contribution < -0.4 is 0 Å². The van der Waals surface area contributed by atoms with Crippen LogP contribution in [0.3, 0.4) is 0 Å². The van der Waals surface area contributed by atoms with E-state index in [-0.39, 0.29) is 5.92 Å². The maximum Gasteiger partial charge on any atom is 0.0837 e. The number of rotatable bonds is 6. The lowest BCUT2D eigenvalue weighted by atomic mass is 9.60. The summed E-state index contributed by atoms with van der Waals surface area (Å²) in [6.07, 6.45) is 13.4. The summed E-state index contributed by atoms with van der Waals surface area (Å²) in [5.74, 6) is 1.94. The second-order valence-electron chi connectivity index (χ2n) is 11.8. The molecule has 0 radical (unpaired) electrons. The van der Waals surface area contributed by atoms with E-state index in [2.05, 4.69) is 32.6 Å². The minimum Gasteiger partial charge on any atom is -0.392 e. The lowest BCUT2D eigenvalue weighted by Gasteiger charge is -2.44. The predicted molar refractivity (Wildman–Crippen MR) is 129 cm³/mol. The normalized spacial score (nSPS) is 40.4. The van der Waals surface area contributed by atoms with Crippen molar-refractivity contribution in [1.82, 2.24) is 0 Å². The number of hydrogen-bond acceptors (Lipinski definition) is 3. The highest BCUT2D eigenvalue weighted by atomic mass is 16.3. The summed E-state index contributed by atoms with van der Waals surface area (Å²) in [7, 11) is 0. The Morgan fingerprint density at radius 1 is 1.23 bits per heavy atom. The van der Waals surface area contributed by atoms with Gasteiger partial charge >= 0.3 is 0 Å². The standard InChI is InChI=1S/C28H46O3/c1-18(9-7-15-27(4,5)31)23-13-14-24-21(10-8-16-28(23,24)6)11-12-22-17-25(29)20(3)26(30)19(22)2/h11-12,18,20,23-26,29-31H,2,7-10,13-17H2,1,3-6H3/b21-11+,22-12-/t18-,20+,23+,24-,25+,26-,28+/m0/s1. The van der Waals surface area contributed by atoms with Crippen molar-refractivity contribution in [3.05, 3.63) is 35.5 Å². The highest BCUT2D eigenvalue weighted by Crippen LogP contribution is 2.60. The molecule has 176 valence electrons. The van der Waals surface area contributed by atoms with Crippen LogP contribution in [0.25, 0.3) is 0 Å². The smallest absolute Gasteiger partial charge is 0.0837 e. The minimum atomic E-state index is -0.648. The lowest BCUT2D eigenvalue weighted by Crippen LogP contribution is -2.36. The second kappa shape index (κ2) is 9.53. The van der Waals surface area contributed by atoms with Gasteiger partial charge in [-0.15, -0.1) is 0 Å². The van der Waals surface area contributed by atoms with Gasteiger partial charge in [-0.05, 0) is 93.1 Å². The van der Waals surface area contributed by atoms with Crippen molar-refractivity contribution in [3.8, 4) is 0 Å². The van der Waals surface area contributed by atoms with Crippen molar-refractivity contribution >= 4 is 0 Å². The van der Waals surface area contributed by atoms with E-state index in [1.165, 1.54) is 32.1 Å². The van der Waals surface area contributed by atoms with E-state index in [9.17, 15) is 15.3 Å². The van der Waals surface area contributed by atoms with Gasteiger partial charge in [0.1, 0.15) is 0 Å². The van der Waals surface area contributed by atoms with Gasteiger partial charge in [-0.1, -0.05) is 57.9 Å². The Morgan fingerprint density at radius 3 is 2.61 bits per heavy atom. The molecule has 0 aromatic rings. The Kier molecular flexibility index (Phi) is 7.61. The third-order valence-corrected chi connectivity index (χ3v) is 8.97. The average molecular weight is 431 g/mol. The Labute approximate surface area is 190 Å². The van der Waals surface area contributed by atoms with Crippen LogP contribution in [0.15, 0.2) is 35.5 Å². The summed E-state index contributed by atoms with van der Waals surface area (Å²) < 4.78 is 0. The summed E-state index contributed by atoms with van der Waals surface area (Å²) in [4.78, 5) is 0. The third kappa shape index (κ3) is 5.37. The van der Waals surface area contributed by atoms with Gasteiger partial charge in [0.2, 0.25) is 0 Å². The first kappa shape index (κ1) is 24.7. The van der Waals surface area contributed by atoms with E-state index in [0.29, 0.717) is 23.7 Å². The molecule has 0 spiro atoms. The molecule has 0 aromatic carbocycles. The fourth-order valence-electron chi connectivity index (χ4n) is 6.91. The molecule has 3 fully saturated rings. The van der Waals surface area contributed by atoms with Crippen LogP contribution in [-0.2, 0) is 0 Å². The van der Waals surface area contributed by atoms with Crippen LogP contribution in [-0.4, -0.2) is 33.1 Å². The number of aliphatic hydroxyl groups excluding tert-OH is 2. The maximum absolute atomic E-state index is 10.4. The molecule has 0 bridgehead atoms. The van der Waals surface area contributed by atoms with Gasteiger partial charge in [-0.25, -0.2) is 0 Å². The molecule has 31 heavy (non-hydrogen) atoms. The van der Waals surface area contributed by atoms with Crippen molar-refractivity contribution in [1.29, 1.82) is 0 Å². The Morgan fingerprint density at radius 2 is 1.94 bits per heavy atom. The van der Waals surface area contributed by atoms with E-state index in [1.807, 2.05) is 20.8 Å². The molecule has 3 N–H and O–H groups in total. The van der Waals surface area contributed by atoms with E-state index in [0.717, 1.165) is 36.3 Å². The van der Waals surface area contributed by atoms with Crippen LogP contribution >= 0.6 is 0 Å². The SMILES string of the molecule is C=C1/C(=C\C=C2/CCC[C@]3(C)[C@@H]([C@@H](C)CCCC(C)(C)O)CC[C@@H]23)C[C@@H](O)[C@@H](C)[C@H]1O. The van der Waals surface area contributed by atoms with Crippen LogP contribution in [0.1, 0.15) is 92.4 Å². The van der Waals surface area contributed by atoms with Gasteiger partial charge in [-0.2, -0.15) is 0 Å². The Hall–Kier alpha value is -0.900. The highest BCUT2D eigenvalue weighted by molar-refractivity contribution is 5.39. The molecule has 3 nitrogen and oxygen atoms in total. The molecule has 3 saturated carbocycles. The highest BCUT2D eigenvalue weighted by Gasteiger charge is 2.50. The summed E-state index contributed by atoms with van der Waals surface area (Å²) in [6, 6.07) is 0. The van der Waals surface area contributed by atoms with Crippen molar-refractivity contribution in [2.45, 2.75) is 110 Å². The number of hydrogen-bond donors (Lipinski definition) is 3. The fraction of sp³-hybridized carbons (Fsp3) is 0.786. The molecule has 3 aliphatic carbocycles. The van der Waals surface area contributed by atoms with Crippen molar-refractivity contribution in [2.24, 2.45) is 29.1 Å². The molecule has 0 unspecified atom stereocenters. The predicted octanol–water partition coefficient (Wildman–Crippen LogP) is 5.95. The van der Waals surface area contributed by atoms with E-state index in [1.54, 1.807) is 5.57 Å². The largest absolute Gasteiger partial charge is 0.392 e. The summed E-state index contributed by atoms with van der Waals surface area (Å²) in [6.45, 7) is 14.8. The van der Waals surface area contributed by atoms with Gasteiger partial charge in [0.25, 0.3) is 0 Å².